The smallest absolute Gasteiger partial charge is 0.493 e. The average Bonchev–Trinajstić information content (AvgIpc) is 3.23. The van der Waals surface area contributed by atoms with E-state index in [1.165, 1.54) is 46.5 Å². The monoisotopic (exact) mass is 658 g/mol. The van der Waals surface area contributed by atoms with Gasteiger partial charge in [-0.2, -0.15) is 0 Å². The van der Waals surface area contributed by atoms with E-state index >= 15 is 0 Å². The molecule has 242 valence electrons. The minimum Gasteiger partial charge on any atom is -0.493 e. The van der Waals surface area contributed by atoms with Crippen molar-refractivity contribution in [2.45, 2.75) is 32.2 Å². The Balaban J connectivity index is 1.44. The number of aromatic nitrogens is 1. The molecule has 3 aromatic carbocycles. The lowest BCUT2D eigenvalue weighted by atomic mass is 9.95. The van der Waals surface area contributed by atoms with Crippen molar-refractivity contribution < 1.29 is 41.7 Å². The number of rotatable bonds is 9. The van der Waals surface area contributed by atoms with Crippen LogP contribution in [0.1, 0.15) is 30.5 Å². The van der Waals surface area contributed by atoms with Crippen molar-refractivity contribution in [3.8, 4) is 34.1 Å². The van der Waals surface area contributed by atoms with Crippen LogP contribution < -0.4 is 40.3 Å². The summed E-state index contributed by atoms with van der Waals surface area (Å²) in [6.45, 7) is 1.08. The molecule has 0 fully saturated rings. The van der Waals surface area contributed by atoms with E-state index in [4.69, 9.17) is 14.2 Å². The number of nitrogens with one attached hydrogen (secondary N) is 3. The minimum absolute atomic E-state index is 0.115. The Morgan fingerprint density at radius 1 is 1.02 bits per heavy atom. The van der Waals surface area contributed by atoms with Crippen LogP contribution in [-0.2, 0) is 16.0 Å². The van der Waals surface area contributed by atoms with Crippen LogP contribution in [-0.4, -0.2) is 51.0 Å². The van der Waals surface area contributed by atoms with Crippen molar-refractivity contribution in [1.29, 1.82) is 0 Å². The first-order valence-corrected chi connectivity index (χ1v) is 14.7. The molecule has 15 heteroatoms. The van der Waals surface area contributed by atoms with E-state index in [2.05, 4.69) is 25.7 Å². The standard InChI is InChI=1S/C31H29F3N4O7S/c1-15(39)36-20-8-5-16-11-24(42-2)28(43-3)29(44-4)27(16)18-7-10-21(23(40)13-19(18)20)35-14-26(41)38-30-37-22-9-6-17(12-25(22)46-30)45-31(32,33)34/h6-7,9-13,20H,5,8,14H2,1-4H3,(H,35,40)(H,36,39)(H,37,38,41)/t20-/m1/s1. The molecule has 0 unspecified atom stereocenters. The third kappa shape index (κ3) is 6.93. The summed E-state index contributed by atoms with van der Waals surface area (Å²) in [4.78, 5) is 42.6. The highest BCUT2D eigenvalue weighted by Gasteiger charge is 2.32. The highest BCUT2D eigenvalue weighted by molar-refractivity contribution is 7.22. The molecule has 1 aromatic heterocycles. The Hall–Kier alpha value is -5.05. The van der Waals surface area contributed by atoms with Gasteiger partial charge >= 0.3 is 6.36 Å². The molecule has 0 saturated heterocycles. The fraction of sp³-hybridized carbons (Fsp3) is 0.290. The number of hydrogen-bond donors (Lipinski definition) is 3. The van der Waals surface area contributed by atoms with Gasteiger partial charge in [-0.25, -0.2) is 4.98 Å². The van der Waals surface area contributed by atoms with Gasteiger partial charge < -0.3 is 34.9 Å². The van der Waals surface area contributed by atoms with Crippen molar-refractivity contribution in [3.05, 3.63) is 63.8 Å². The van der Waals surface area contributed by atoms with Crippen molar-refractivity contribution >= 4 is 44.2 Å². The van der Waals surface area contributed by atoms with Gasteiger partial charge in [0.25, 0.3) is 0 Å². The Bertz CT molecular complexity index is 1880. The lowest BCUT2D eigenvalue weighted by Gasteiger charge is -2.19. The minimum atomic E-state index is -4.84. The zero-order valence-electron chi connectivity index (χ0n) is 25.1. The van der Waals surface area contributed by atoms with E-state index in [0.29, 0.717) is 57.0 Å². The van der Waals surface area contributed by atoms with Crippen molar-refractivity contribution in [2.24, 2.45) is 0 Å². The van der Waals surface area contributed by atoms with Crippen LogP contribution in [0.2, 0.25) is 0 Å². The van der Waals surface area contributed by atoms with E-state index in [9.17, 15) is 27.6 Å². The van der Waals surface area contributed by atoms with Gasteiger partial charge in [-0.05, 0) is 59.9 Å². The van der Waals surface area contributed by atoms with Crippen LogP contribution in [0.3, 0.4) is 0 Å². The van der Waals surface area contributed by atoms with E-state index in [-0.39, 0.29) is 23.3 Å². The molecule has 0 spiro atoms. The molecule has 4 aromatic rings. The topological polar surface area (TPSA) is 137 Å². The Labute approximate surface area is 264 Å². The second-order valence-electron chi connectivity index (χ2n) is 10.2. The van der Waals surface area contributed by atoms with E-state index in [1.54, 1.807) is 12.1 Å². The van der Waals surface area contributed by atoms with Crippen molar-refractivity contribution in [2.75, 3.05) is 38.5 Å². The summed E-state index contributed by atoms with van der Waals surface area (Å²) in [5.74, 6) is 0.0341. The van der Waals surface area contributed by atoms with Gasteiger partial charge in [0.2, 0.25) is 23.0 Å². The van der Waals surface area contributed by atoms with Gasteiger partial charge in [0.1, 0.15) is 5.75 Å². The number of amides is 2. The maximum absolute atomic E-state index is 13.5. The Morgan fingerprint density at radius 3 is 2.46 bits per heavy atom. The molecule has 46 heavy (non-hydrogen) atoms. The molecule has 1 atom stereocenters. The van der Waals surface area contributed by atoms with Gasteiger partial charge in [-0.3, -0.25) is 14.4 Å². The van der Waals surface area contributed by atoms with Gasteiger partial charge in [0.05, 0.1) is 49.8 Å². The average molecular weight is 659 g/mol. The number of nitrogens with zero attached hydrogens (tertiary/aromatic N) is 1. The zero-order chi connectivity index (χ0) is 33.2. The Kier molecular flexibility index (Phi) is 9.23. The summed E-state index contributed by atoms with van der Waals surface area (Å²) < 4.78 is 59.0. The fourth-order valence-electron chi connectivity index (χ4n) is 5.35. The van der Waals surface area contributed by atoms with E-state index in [1.807, 2.05) is 6.07 Å². The number of anilines is 2. The van der Waals surface area contributed by atoms with Gasteiger partial charge in [0.15, 0.2) is 16.6 Å². The highest BCUT2D eigenvalue weighted by atomic mass is 32.1. The van der Waals surface area contributed by atoms with Crippen LogP contribution in [0.5, 0.6) is 23.0 Å². The van der Waals surface area contributed by atoms with E-state index < -0.39 is 29.5 Å². The number of aryl methyl sites for hydroxylation is 1. The lowest BCUT2D eigenvalue weighted by Crippen LogP contribution is -2.27. The molecule has 2 amide bonds. The second-order valence-corrected chi connectivity index (χ2v) is 11.2. The number of hydrogen-bond acceptors (Lipinski definition) is 10. The quantitative estimate of drug-likeness (QED) is 0.215. The van der Waals surface area contributed by atoms with Crippen molar-refractivity contribution in [3.63, 3.8) is 0 Å². The van der Waals surface area contributed by atoms with Crippen LogP contribution in [0.4, 0.5) is 24.0 Å². The maximum Gasteiger partial charge on any atom is 0.573 e. The molecule has 0 bridgehead atoms. The van der Waals surface area contributed by atoms with E-state index in [0.717, 1.165) is 23.0 Å². The molecule has 1 aliphatic carbocycles. The predicted molar refractivity (Wildman–Crippen MR) is 166 cm³/mol. The van der Waals surface area contributed by atoms with Crippen LogP contribution in [0, 0.1) is 0 Å². The summed E-state index contributed by atoms with van der Waals surface area (Å²) in [6, 6.07) is 9.70. The first-order valence-electron chi connectivity index (χ1n) is 13.9. The van der Waals surface area contributed by atoms with Crippen LogP contribution in [0.25, 0.3) is 21.3 Å². The second kappa shape index (κ2) is 13.1. The molecule has 3 N–H and O–H groups in total. The molecule has 0 aliphatic heterocycles. The predicted octanol–water partition coefficient (Wildman–Crippen LogP) is 5.42. The number of carbonyl (C=O) groups is 2. The third-order valence-corrected chi connectivity index (χ3v) is 8.13. The zero-order valence-corrected chi connectivity index (χ0v) is 25.9. The number of halogens is 3. The number of carbonyl (C=O) groups excluding carboxylic acids is 2. The molecule has 1 heterocycles. The normalized spacial score (nSPS) is 13.9. The van der Waals surface area contributed by atoms with Gasteiger partial charge in [-0.15, -0.1) is 13.2 Å². The molecule has 0 radical (unpaired) electrons. The van der Waals surface area contributed by atoms with Crippen LogP contribution in [0.15, 0.2) is 47.3 Å². The first-order chi connectivity index (χ1) is 21.9. The lowest BCUT2D eigenvalue weighted by molar-refractivity contribution is -0.274. The van der Waals surface area contributed by atoms with Crippen molar-refractivity contribution in [1.82, 2.24) is 10.3 Å². The van der Waals surface area contributed by atoms with Gasteiger partial charge in [-0.1, -0.05) is 17.4 Å². The summed E-state index contributed by atoms with van der Waals surface area (Å²) in [5, 5.41) is 8.54. The Morgan fingerprint density at radius 2 is 1.78 bits per heavy atom. The molecular formula is C31H29F3N4O7S. The largest absolute Gasteiger partial charge is 0.573 e. The van der Waals surface area contributed by atoms with Crippen LogP contribution >= 0.6 is 11.3 Å². The SMILES string of the molecule is COc1cc2c(c(OC)c1OC)-c1ccc(NCC(=O)Nc3nc4ccc(OC(F)(F)F)cc4s3)c(=O)cc1[C@H](NC(C)=O)CC2. The molecule has 11 nitrogen and oxygen atoms in total. The highest BCUT2D eigenvalue weighted by Crippen LogP contribution is 2.50. The number of thiazole rings is 1. The fourth-order valence-corrected chi connectivity index (χ4v) is 6.26. The first kappa shape index (κ1) is 32.3. The number of methoxy groups -OCH3 is 3. The number of benzene rings is 2. The maximum atomic E-state index is 13.5. The summed E-state index contributed by atoms with van der Waals surface area (Å²) in [7, 11) is 4.51. The number of ether oxygens (including phenoxy) is 4. The van der Waals surface area contributed by atoms with Gasteiger partial charge in [0, 0.05) is 18.6 Å². The third-order valence-electron chi connectivity index (χ3n) is 7.20. The number of alkyl halides is 3. The number of fused-ring (bicyclic) bond motifs is 4. The molecule has 0 saturated carbocycles. The molecular weight excluding hydrogens is 629 g/mol. The summed E-state index contributed by atoms with van der Waals surface area (Å²) >= 11 is 0.970. The molecule has 5 rings (SSSR count). The summed E-state index contributed by atoms with van der Waals surface area (Å²) in [5.41, 5.74) is 2.80. The summed E-state index contributed by atoms with van der Waals surface area (Å²) in [6.07, 6.45) is -3.81. The molecule has 1 aliphatic rings.